The van der Waals surface area contributed by atoms with Crippen molar-refractivity contribution < 1.29 is 19.6 Å². The van der Waals surface area contributed by atoms with E-state index in [-0.39, 0.29) is 11.4 Å². The van der Waals surface area contributed by atoms with Crippen LogP contribution in [0.15, 0.2) is 53.1 Å². The number of nitrogens with one attached hydrogen (secondary N) is 1. The Bertz CT molecular complexity index is 854. The molecular formula is C21H25N2O3S+. The average molecular weight is 386 g/mol. The molecule has 1 aliphatic heterocycles. The van der Waals surface area contributed by atoms with Crippen LogP contribution in [-0.2, 0) is 4.79 Å². The molecule has 27 heavy (non-hydrogen) atoms. The molecule has 2 heterocycles. The molecule has 0 saturated carbocycles. The van der Waals surface area contributed by atoms with Gasteiger partial charge in [0.25, 0.3) is 5.91 Å². The van der Waals surface area contributed by atoms with Crippen molar-refractivity contribution in [1.82, 2.24) is 4.90 Å². The molecule has 2 aromatic rings. The Kier molecular flexibility index (Phi) is 5.77. The predicted octanol–water partition coefficient (Wildman–Crippen LogP) is 2.17. The number of aliphatic hydroxyl groups excluding tert-OH is 1. The Morgan fingerprint density at radius 1 is 1.22 bits per heavy atom. The van der Waals surface area contributed by atoms with Crippen LogP contribution >= 0.6 is 11.3 Å². The molecule has 0 bridgehead atoms. The molecule has 2 N–H and O–H groups in total. The first-order chi connectivity index (χ1) is 12.9. The van der Waals surface area contributed by atoms with Crippen LogP contribution in [0, 0.1) is 6.92 Å². The summed E-state index contributed by atoms with van der Waals surface area (Å²) in [6.45, 7) is 3.39. The third kappa shape index (κ3) is 3.96. The number of amides is 1. The molecule has 6 heteroatoms. The number of carbonyl (C=O) groups excluding carboxylic acids is 2. The third-order valence-corrected chi connectivity index (χ3v) is 5.63. The van der Waals surface area contributed by atoms with E-state index in [4.69, 9.17) is 0 Å². The van der Waals surface area contributed by atoms with Crippen LogP contribution in [0.5, 0.6) is 0 Å². The van der Waals surface area contributed by atoms with Gasteiger partial charge in [0, 0.05) is 13.0 Å². The molecule has 1 aliphatic rings. The summed E-state index contributed by atoms with van der Waals surface area (Å²) in [7, 11) is 4.12. The molecule has 1 aromatic carbocycles. The molecule has 0 unspecified atom stereocenters. The molecule has 1 aromatic heterocycles. The average Bonchev–Trinajstić information content (AvgIpc) is 3.25. The minimum absolute atomic E-state index is 0.184. The first-order valence-electron chi connectivity index (χ1n) is 9.08. The van der Waals surface area contributed by atoms with Gasteiger partial charge in [0.2, 0.25) is 5.78 Å². The van der Waals surface area contributed by atoms with Gasteiger partial charge < -0.3 is 14.9 Å². The van der Waals surface area contributed by atoms with Crippen LogP contribution < -0.4 is 4.90 Å². The minimum atomic E-state index is -0.551. The van der Waals surface area contributed by atoms with Crippen LogP contribution in [-0.4, -0.2) is 48.9 Å². The summed E-state index contributed by atoms with van der Waals surface area (Å²) in [5.74, 6) is -1.16. The van der Waals surface area contributed by atoms with Gasteiger partial charge in [-0.25, -0.2) is 0 Å². The maximum atomic E-state index is 13.1. The van der Waals surface area contributed by atoms with Crippen LogP contribution in [0.2, 0.25) is 0 Å². The quantitative estimate of drug-likeness (QED) is 0.718. The first kappa shape index (κ1) is 19.3. The molecule has 3 rings (SSSR count). The van der Waals surface area contributed by atoms with Gasteiger partial charge in [0.15, 0.2) is 5.76 Å². The Hall–Kier alpha value is -2.44. The number of ketones is 1. The van der Waals surface area contributed by atoms with E-state index < -0.39 is 17.7 Å². The summed E-state index contributed by atoms with van der Waals surface area (Å²) in [4.78, 5) is 29.3. The normalized spacial score (nSPS) is 17.3. The predicted molar refractivity (Wildman–Crippen MR) is 106 cm³/mol. The molecule has 0 spiro atoms. The number of thiophene rings is 1. The van der Waals surface area contributed by atoms with Crippen LogP contribution in [0.3, 0.4) is 0 Å². The Labute approximate surface area is 163 Å². The molecule has 142 valence electrons. The zero-order valence-electron chi connectivity index (χ0n) is 15.9. The van der Waals surface area contributed by atoms with Crippen molar-refractivity contribution in [3.8, 4) is 0 Å². The summed E-state index contributed by atoms with van der Waals surface area (Å²) in [5, 5.41) is 12.4. The third-order valence-electron chi connectivity index (χ3n) is 4.76. The number of aryl methyl sites for hydroxylation is 1. The van der Waals surface area contributed by atoms with Crippen molar-refractivity contribution in [2.45, 2.75) is 19.4 Å². The van der Waals surface area contributed by atoms with E-state index in [1.165, 1.54) is 16.2 Å². The zero-order valence-corrected chi connectivity index (χ0v) is 16.7. The highest BCUT2D eigenvalue weighted by Crippen LogP contribution is 2.39. The molecule has 0 saturated heterocycles. The highest BCUT2D eigenvalue weighted by atomic mass is 32.1. The lowest BCUT2D eigenvalue weighted by Crippen LogP contribution is -3.05. The summed E-state index contributed by atoms with van der Waals surface area (Å²) in [5.41, 5.74) is 2.13. The highest BCUT2D eigenvalue weighted by Gasteiger charge is 2.43. The summed E-state index contributed by atoms with van der Waals surface area (Å²) < 4.78 is 0. The van der Waals surface area contributed by atoms with E-state index >= 15 is 0 Å². The highest BCUT2D eigenvalue weighted by molar-refractivity contribution is 7.12. The fourth-order valence-electron chi connectivity index (χ4n) is 3.35. The second kappa shape index (κ2) is 8.06. The number of rotatable bonds is 7. The summed E-state index contributed by atoms with van der Waals surface area (Å²) >= 11 is 1.32. The summed E-state index contributed by atoms with van der Waals surface area (Å²) in [6, 6.07) is 10.8. The van der Waals surface area contributed by atoms with Crippen molar-refractivity contribution in [2.75, 3.05) is 27.2 Å². The molecule has 1 atom stereocenters. The van der Waals surface area contributed by atoms with Gasteiger partial charge >= 0.3 is 0 Å². The number of aliphatic hydroxyl groups is 1. The van der Waals surface area contributed by atoms with E-state index in [1.54, 1.807) is 17.0 Å². The maximum Gasteiger partial charge on any atom is 0.290 e. The van der Waals surface area contributed by atoms with Crippen LogP contribution in [0.4, 0.5) is 0 Å². The largest absolute Gasteiger partial charge is 0.503 e. The number of hydrogen-bond donors (Lipinski definition) is 2. The molecule has 5 nitrogen and oxygen atoms in total. The lowest BCUT2D eigenvalue weighted by molar-refractivity contribution is -0.858. The van der Waals surface area contributed by atoms with Crippen molar-refractivity contribution >= 4 is 23.0 Å². The van der Waals surface area contributed by atoms with Gasteiger partial charge in [-0.15, -0.1) is 11.3 Å². The van der Waals surface area contributed by atoms with Crippen molar-refractivity contribution in [3.05, 3.63) is 69.1 Å². The van der Waals surface area contributed by atoms with Crippen LogP contribution in [0.1, 0.15) is 33.3 Å². The monoisotopic (exact) mass is 385 g/mol. The molecular weight excluding hydrogens is 360 g/mol. The van der Waals surface area contributed by atoms with Crippen molar-refractivity contribution in [3.63, 3.8) is 0 Å². The lowest BCUT2D eigenvalue weighted by Gasteiger charge is -2.27. The molecule has 0 aliphatic carbocycles. The van der Waals surface area contributed by atoms with E-state index in [0.717, 1.165) is 24.1 Å². The summed E-state index contributed by atoms with van der Waals surface area (Å²) in [6.07, 6.45) is 0.796. The smallest absolute Gasteiger partial charge is 0.290 e. The number of nitrogens with zero attached hydrogens (tertiary/aromatic N) is 1. The van der Waals surface area contributed by atoms with E-state index in [9.17, 15) is 14.7 Å². The van der Waals surface area contributed by atoms with Crippen LogP contribution in [0.25, 0.3) is 0 Å². The van der Waals surface area contributed by atoms with Gasteiger partial charge in [-0.2, -0.15) is 0 Å². The number of hydrogen-bond acceptors (Lipinski definition) is 4. The molecule has 1 amide bonds. The van der Waals surface area contributed by atoms with Gasteiger partial charge in [-0.05, 0) is 23.9 Å². The fraction of sp³-hybridized carbons (Fsp3) is 0.333. The maximum absolute atomic E-state index is 13.1. The van der Waals surface area contributed by atoms with E-state index in [1.807, 2.05) is 36.6 Å². The fourth-order valence-corrected chi connectivity index (χ4v) is 4.03. The standard InChI is InChI=1S/C21H24N2O3S/c1-14-7-9-15(10-8-14)18-17(19(24)16-6-4-13-27-16)20(25)21(26)23(18)12-5-11-22(2)3/h4,6-10,13,18,25H,5,11-12H2,1-3H3/p+1/t18-/m0/s1. The van der Waals surface area contributed by atoms with E-state index in [0.29, 0.717) is 11.4 Å². The number of carbonyl (C=O) groups is 2. The van der Waals surface area contributed by atoms with Crippen molar-refractivity contribution in [2.24, 2.45) is 0 Å². The van der Waals surface area contributed by atoms with Gasteiger partial charge in [0.1, 0.15) is 0 Å². The minimum Gasteiger partial charge on any atom is -0.503 e. The first-order valence-corrected chi connectivity index (χ1v) is 9.96. The lowest BCUT2D eigenvalue weighted by atomic mass is 9.95. The van der Waals surface area contributed by atoms with Gasteiger partial charge in [-0.1, -0.05) is 35.9 Å². The molecule has 0 fully saturated rings. The number of Topliss-reactive ketones (excluding diaryl/α,β-unsaturated/α-hetero) is 1. The zero-order chi connectivity index (χ0) is 19.6. The number of quaternary nitrogens is 1. The second-order valence-corrected chi connectivity index (χ2v) is 8.14. The SMILES string of the molecule is Cc1ccc([C@H]2C(C(=O)c3cccs3)=C(O)C(=O)N2CCC[NH+](C)C)cc1. The molecule has 0 radical (unpaired) electrons. The van der Waals surface area contributed by atoms with Crippen molar-refractivity contribution in [1.29, 1.82) is 0 Å². The Morgan fingerprint density at radius 2 is 1.93 bits per heavy atom. The Morgan fingerprint density at radius 3 is 2.52 bits per heavy atom. The van der Waals surface area contributed by atoms with E-state index in [2.05, 4.69) is 14.1 Å². The van der Waals surface area contributed by atoms with Gasteiger partial charge in [-0.3, -0.25) is 9.59 Å². The van der Waals surface area contributed by atoms with Gasteiger partial charge in [0.05, 0.1) is 37.1 Å². The second-order valence-electron chi connectivity index (χ2n) is 7.19. The Balaban J connectivity index is 1.99. The topological polar surface area (TPSA) is 62.0 Å². The number of benzene rings is 1.